The number of allylic oxidation sites excluding steroid dienone is 8. The fourth-order valence-electron chi connectivity index (χ4n) is 13.3. The molecule has 3 fully saturated rings. The van der Waals surface area contributed by atoms with Gasteiger partial charge in [0.25, 0.3) is 0 Å². The van der Waals surface area contributed by atoms with Crippen LogP contribution in [0, 0.1) is 68.0 Å². The van der Waals surface area contributed by atoms with Crippen LogP contribution in [-0.2, 0) is 28.7 Å². The molecular formula is C46H64O8. The van der Waals surface area contributed by atoms with Gasteiger partial charge in [-0.1, -0.05) is 90.5 Å². The number of carbonyl (C=O) groups is 4. The Kier molecular flexibility index (Phi) is 9.77. The number of ether oxygens (including phenoxy) is 2. The zero-order valence-corrected chi connectivity index (χ0v) is 33.7. The Morgan fingerprint density at radius 3 is 1.89 bits per heavy atom. The van der Waals surface area contributed by atoms with Gasteiger partial charge in [-0.3, -0.25) is 19.2 Å². The summed E-state index contributed by atoms with van der Waals surface area (Å²) >= 11 is 0. The van der Waals surface area contributed by atoms with E-state index in [0.717, 1.165) is 57.8 Å². The summed E-state index contributed by atoms with van der Waals surface area (Å²) in [6.07, 6.45) is 22.9. The van der Waals surface area contributed by atoms with Gasteiger partial charge in [0.05, 0.1) is 30.3 Å². The quantitative estimate of drug-likeness (QED) is 0.195. The van der Waals surface area contributed by atoms with Gasteiger partial charge in [0.15, 0.2) is 0 Å². The smallest absolute Gasteiger partial charge is 0.310 e. The number of esters is 2. The van der Waals surface area contributed by atoms with Crippen molar-refractivity contribution in [1.82, 2.24) is 0 Å². The molecule has 296 valence electrons. The van der Waals surface area contributed by atoms with E-state index in [1.807, 2.05) is 24.3 Å². The van der Waals surface area contributed by atoms with Crippen molar-refractivity contribution in [2.24, 2.45) is 68.0 Å². The largest absolute Gasteiger partial charge is 0.481 e. The number of aliphatic carboxylic acids is 2. The molecule has 0 aromatic rings. The molecule has 0 radical (unpaired) electrons. The molecule has 0 bridgehead atoms. The third kappa shape index (κ3) is 6.06. The summed E-state index contributed by atoms with van der Waals surface area (Å²) in [5, 5.41) is 19.6. The first-order valence-corrected chi connectivity index (χ1v) is 20.8. The van der Waals surface area contributed by atoms with E-state index in [1.165, 1.54) is 11.1 Å². The highest BCUT2D eigenvalue weighted by Gasteiger charge is 2.67. The summed E-state index contributed by atoms with van der Waals surface area (Å²) in [5.41, 5.74) is 2.70. The maximum atomic E-state index is 13.6. The van der Waals surface area contributed by atoms with Crippen LogP contribution in [0.15, 0.2) is 47.6 Å². The molecule has 7 aliphatic carbocycles. The number of carboxylic acids is 2. The molecule has 7 aliphatic rings. The Bertz CT molecular complexity index is 1700. The molecule has 3 saturated carbocycles. The van der Waals surface area contributed by atoms with E-state index in [9.17, 15) is 29.4 Å². The van der Waals surface area contributed by atoms with E-state index in [-0.39, 0.29) is 50.5 Å². The highest BCUT2D eigenvalue weighted by molar-refractivity contribution is 5.82. The lowest BCUT2D eigenvalue weighted by atomic mass is 9.35. The maximum absolute atomic E-state index is 13.6. The fraction of sp³-hybridized carbons (Fsp3) is 0.739. The predicted octanol–water partition coefficient (Wildman–Crippen LogP) is 9.50. The van der Waals surface area contributed by atoms with Crippen molar-refractivity contribution in [2.45, 2.75) is 138 Å². The average Bonchev–Trinajstić information content (AvgIpc) is 3.13. The zero-order chi connectivity index (χ0) is 39.1. The first-order chi connectivity index (χ1) is 25.3. The summed E-state index contributed by atoms with van der Waals surface area (Å²) in [4.78, 5) is 50.8. The molecule has 0 heterocycles. The van der Waals surface area contributed by atoms with Gasteiger partial charge >= 0.3 is 23.9 Å². The lowest BCUT2D eigenvalue weighted by molar-refractivity contribution is -0.202. The lowest BCUT2D eigenvalue weighted by Crippen LogP contribution is -2.63. The van der Waals surface area contributed by atoms with Crippen LogP contribution in [0.1, 0.15) is 132 Å². The van der Waals surface area contributed by atoms with Crippen LogP contribution in [0.4, 0.5) is 0 Å². The molecule has 8 nitrogen and oxygen atoms in total. The van der Waals surface area contributed by atoms with Crippen LogP contribution in [0.3, 0.4) is 0 Å². The van der Waals surface area contributed by atoms with Crippen LogP contribution in [0.25, 0.3) is 0 Å². The topological polar surface area (TPSA) is 127 Å². The number of rotatable bonds is 7. The molecule has 0 saturated heterocycles. The number of carbonyl (C=O) groups excluding carboxylic acids is 2. The molecule has 0 amide bonds. The van der Waals surface area contributed by atoms with Crippen molar-refractivity contribution >= 4 is 23.9 Å². The van der Waals surface area contributed by atoms with E-state index >= 15 is 0 Å². The Labute approximate surface area is 322 Å². The predicted molar refractivity (Wildman–Crippen MR) is 206 cm³/mol. The van der Waals surface area contributed by atoms with Gasteiger partial charge in [0.2, 0.25) is 0 Å². The van der Waals surface area contributed by atoms with Gasteiger partial charge in [-0.15, -0.1) is 0 Å². The second-order valence-corrected chi connectivity index (χ2v) is 20.5. The van der Waals surface area contributed by atoms with Crippen LogP contribution >= 0.6 is 0 Å². The highest BCUT2D eigenvalue weighted by Crippen LogP contribution is 2.74. The van der Waals surface area contributed by atoms with Crippen molar-refractivity contribution in [2.75, 3.05) is 6.61 Å². The lowest BCUT2D eigenvalue weighted by Gasteiger charge is -2.69. The number of hydrogen-bond donors (Lipinski definition) is 2. The van der Waals surface area contributed by atoms with E-state index in [4.69, 9.17) is 9.47 Å². The first kappa shape index (κ1) is 39.1. The molecule has 54 heavy (non-hydrogen) atoms. The normalized spacial score (nSPS) is 44.9. The van der Waals surface area contributed by atoms with Gasteiger partial charge < -0.3 is 19.7 Å². The molecule has 12 atom stereocenters. The van der Waals surface area contributed by atoms with Gasteiger partial charge in [-0.25, -0.2) is 0 Å². The number of hydrogen-bond acceptors (Lipinski definition) is 6. The molecule has 7 rings (SSSR count). The van der Waals surface area contributed by atoms with Crippen molar-refractivity contribution in [3.05, 3.63) is 47.6 Å². The SMILES string of the molecule is CC1(C)[C@@H](OC(=O)C2CC=CCC2C(=O)O)CC[C@]2(C)[C@H]3C=CC4=C5C[C@@](C)(COC(=O)C6CC=CCC6C(=O)O)CC[C@]5(C)CC[C@@]4(C)[C@]3(C)CC[C@@H]12. The average molecular weight is 745 g/mol. The van der Waals surface area contributed by atoms with Gasteiger partial charge in [-0.2, -0.15) is 0 Å². The molecule has 4 unspecified atom stereocenters. The third-order valence-corrected chi connectivity index (χ3v) is 17.2. The molecule has 2 N–H and O–H groups in total. The molecule has 0 spiro atoms. The summed E-state index contributed by atoms with van der Waals surface area (Å²) < 4.78 is 12.4. The molecule has 8 heteroatoms. The first-order valence-electron chi connectivity index (χ1n) is 20.8. The van der Waals surface area contributed by atoms with E-state index < -0.39 is 35.6 Å². The number of fused-ring (bicyclic) bond motifs is 6. The van der Waals surface area contributed by atoms with Crippen molar-refractivity contribution < 1.29 is 38.9 Å². The summed E-state index contributed by atoms with van der Waals surface area (Å²) in [6, 6.07) is 0. The minimum absolute atomic E-state index is 0.0128. The van der Waals surface area contributed by atoms with Crippen molar-refractivity contribution in [1.29, 1.82) is 0 Å². The molecule has 0 aromatic carbocycles. The van der Waals surface area contributed by atoms with Crippen LogP contribution in [0.5, 0.6) is 0 Å². The van der Waals surface area contributed by atoms with Crippen LogP contribution in [-0.4, -0.2) is 46.8 Å². The summed E-state index contributed by atoms with van der Waals surface area (Å²) in [6.45, 7) is 17.1. The van der Waals surface area contributed by atoms with E-state index in [0.29, 0.717) is 44.1 Å². The van der Waals surface area contributed by atoms with Gasteiger partial charge in [-0.05, 0) is 123 Å². The zero-order valence-electron chi connectivity index (χ0n) is 33.7. The highest BCUT2D eigenvalue weighted by atomic mass is 16.5. The van der Waals surface area contributed by atoms with Crippen molar-refractivity contribution in [3.63, 3.8) is 0 Å². The Morgan fingerprint density at radius 1 is 0.704 bits per heavy atom. The van der Waals surface area contributed by atoms with E-state index in [2.05, 4.69) is 60.6 Å². The van der Waals surface area contributed by atoms with Crippen LogP contribution < -0.4 is 0 Å². The van der Waals surface area contributed by atoms with Crippen molar-refractivity contribution in [3.8, 4) is 0 Å². The van der Waals surface area contributed by atoms with E-state index in [1.54, 1.807) is 0 Å². The Hall–Kier alpha value is -3.16. The minimum Gasteiger partial charge on any atom is -0.481 e. The molecule has 0 aliphatic heterocycles. The third-order valence-electron chi connectivity index (χ3n) is 17.2. The monoisotopic (exact) mass is 744 g/mol. The number of carboxylic acid groups (broad SMARTS) is 2. The maximum Gasteiger partial charge on any atom is 0.310 e. The summed E-state index contributed by atoms with van der Waals surface area (Å²) in [5.74, 6) is -4.62. The minimum atomic E-state index is -0.934. The second-order valence-electron chi connectivity index (χ2n) is 20.5. The summed E-state index contributed by atoms with van der Waals surface area (Å²) in [7, 11) is 0. The second kappa shape index (κ2) is 13.5. The Morgan fingerprint density at radius 2 is 1.28 bits per heavy atom. The van der Waals surface area contributed by atoms with Gasteiger partial charge in [0, 0.05) is 10.8 Å². The fourth-order valence-corrected chi connectivity index (χ4v) is 13.3. The van der Waals surface area contributed by atoms with Crippen LogP contribution in [0.2, 0.25) is 0 Å². The molecular weight excluding hydrogens is 680 g/mol. The molecule has 0 aromatic heterocycles. The Balaban J connectivity index is 1.12. The van der Waals surface area contributed by atoms with Gasteiger partial charge in [0.1, 0.15) is 6.10 Å². The standard InChI is InChI=1S/C46H64O8/c1-41(2)34-18-21-46(7)35(44(34,5)20-19-36(41)54-40(52)31-15-11-9-13-29(31)38(49)50)17-16-32-33-26-42(3,22-23-43(33,4)24-25-45(32,46)6)27-53-39(51)30-14-10-8-12-28(30)37(47)48/h8-11,16-17,28-31,34-36H,12-15,18-27H2,1-7H3,(H,47,48)(H,49,50)/t28?,29?,30?,31?,34-,35+,36-,42-,43+,44-,45+,46+/m0/s1.